The van der Waals surface area contributed by atoms with Crippen LogP contribution in [0.25, 0.3) is 10.8 Å². The molecule has 5 heteroatoms. The third-order valence-corrected chi connectivity index (χ3v) is 4.31. The molecular weight excluding hydrogens is 346 g/mol. The lowest BCUT2D eigenvalue weighted by atomic mass is 9.99. The zero-order chi connectivity index (χ0) is 15.6. The Morgan fingerprint density at radius 1 is 1.32 bits per heavy atom. The van der Waals surface area contributed by atoms with Crippen LogP contribution in [-0.2, 0) is 6.42 Å². The van der Waals surface area contributed by atoms with Gasteiger partial charge in [-0.2, -0.15) is 0 Å². The molecule has 1 saturated carbocycles. The minimum Gasteiger partial charge on any atom is -0.492 e. The molecule has 2 aromatic rings. The average Bonchev–Trinajstić information content (AvgIpc) is 3.22. The van der Waals surface area contributed by atoms with Gasteiger partial charge in [-0.1, -0.05) is 46.3 Å². The fraction of sp³-hybridized carbons (Fsp3) is 0.353. The van der Waals surface area contributed by atoms with Crippen LogP contribution in [-0.4, -0.2) is 28.7 Å². The molecule has 0 saturated heterocycles. The van der Waals surface area contributed by atoms with Gasteiger partial charge in [-0.15, -0.1) is 0 Å². The number of alkyl halides is 1. The molecule has 0 aromatic heterocycles. The van der Waals surface area contributed by atoms with Gasteiger partial charge in [0.05, 0.1) is 6.61 Å². The van der Waals surface area contributed by atoms with E-state index in [4.69, 9.17) is 9.84 Å². The van der Waals surface area contributed by atoms with Crippen molar-refractivity contribution in [2.75, 3.05) is 11.9 Å². The molecule has 1 aliphatic rings. The van der Waals surface area contributed by atoms with Crippen LogP contribution >= 0.6 is 15.9 Å². The van der Waals surface area contributed by atoms with Crippen molar-refractivity contribution in [3.63, 3.8) is 0 Å². The lowest BCUT2D eigenvalue weighted by Crippen LogP contribution is -2.37. The van der Waals surface area contributed by atoms with Gasteiger partial charge in [-0.3, -0.25) is 0 Å². The molecule has 4 nitrogen and oxygen atoms in total. The summed E-state index contributed by atoms with van der Waals surface area (Å²) in [5.41, 5.74) is 0.815. The molecule has 0 spiro atoms. The van der Waals surface area contributed by atoms with Crippen LogP contribution in [0, 0.1) is 0 Å². The number of hydrogen-bond donors (Lipinski definition) is 2. The summed E-state index contributed by atoms with van der Waals surface area (Å²) >= 11 is 3.38. The number of fused-ring (bicyclic) bond motifs is 1. The van der Waals surface area contributed by atoms with Crippen molar-refractivity contribution in [2.24, 2.45) is 0 Å². The fourth-order valence-corrected chi connectivity index (χ4v) is 2.98. The van der Waals surface area contributed by atoms with E-state index in [-0.39, 0.29) is 5.54 Å². The van der Waals surface area contributed by atoms with E-state index in [1.807, 2.05) is 24.3 Å². The van der Waals surface area contributed by atoms with Crippen LogP contribution in [0.3, 0.4) is 0 Å². The SMILES string of the molecule is O=C(O)NC1(Cc2cc(OCCBr)c3ccccc3c2)CC1. The third-order valence-electron chi connectivity index (χ3n) is 3.99. The summed E-state index contributed by atoms with van der Waals surface area (Å²) in [5.74, 6) is 0.860. The largest absolute Gasteiger partial charge is 0.492 e. The molecule has 1 aliphatic carbocycles. The number of ether oxygens (including phenoxy) is 1. The Balaban J connectivity index is 1.91. The Labute approximate surface area is 137 Å². The monoisotopic (exact) mass is 363 g/mol. The van der Waals surface area contributed by atoms with E-state index in [9.17, 15) is 4.79 Å². The Kier molecular flexibility index (Phi) is 4.25. The topological polar surface area (TPSA) is 58.6 Å². The molecule has 3 rings (SSSR count). The molecule has 0 atom stereocenters. The number of carboxylic acid groups (broad SMARTS) is 1. The minimum absolute atomic E-state index is 0.291. The van der Waals surface area contributed by atoms with Crippen LogP contribution in [0.2, 0.25) is 0 Å². The summed E-state index contributed by atoms with van der Waals surface area (Å²) in [6.07, 6.45) is 1.54. The highest BCUT2D eigenvalue weighted by atomic mass is 79.9. The molecule has 1 amide bonds. The number of hydrogen-bond acceptors (Lipinski definition) is 2. The fourth-order valence-electron chi connectivity index (χ4n) is 2.82. The predicted octanol–water partition coefficient (Wildman–Crippen LogP) is 3.96. The van der Waals surface area contributed by atoms with E-state index in [1.165, 1.54) is 0 Å². The quantitative estimate of drug-likeness (QED) is 0.763. The number of carbonyl (C=O) groups is 1. The van der Waals surface area contributed by atoms with Gasteiger partial charge in [0, 0.05) is 16.3 Å². The average molecular weight is 364 g/mol. The van der Waals surface area contributed by atoms with Crippen LogP contribution < -0.4 is 10.1 Å². The Bertz CT molecular complexity index is 697. The maximum atomic E-state index is 10.9. The van der Waals surface area contributed by atoms with Crippen LogP contribution in [0.4, 0.5) is 4.79 Å². The van der Waals surface area contributed by atoms with E-state index in [0.29, 0.717) is 13.0 Å². The molecule has 2 aromatic carbocycles. The molecule has 0 unspecified atom stereocenters. The molecule has 0 radical (unpaired) electrons. The molecule has 22 heavy (non-hydrogen) atoms. The van der Waals surface area contributed by atoms with Crippen molar-refractivity contribution in [3.8, 4) is 5.75 Å². The standard InChI is InChI=1S/C17H18BrNO3/c18-7-8-22-15-10-12(9-13-3-1-2-4-14(13)15)11-17(5-6-17)19-16(20)21/h1-4,9-10,19H,5-8,11H2,(H,20,21). The van der Waals surface area contributed by atoms with Crippen LogP contribution in [0.5, 0.6) is 5.75 Å². The maximum absolute atomic E-state index is 10.9. The number of nitrogens with one attached hydrogen (secondary N) is 1. The zero-order valence-electron chi connectivity index (χ0n) is 12.1. The molecule has 2 N–H and O–H groups in total. The number of amides is 1. The molecule has 116 valence electrons. The van der Waals surface area contributed by atoms with Gasteiger partial charge in [-0.25, -0.2) is 4.79 Å². The summed E-state index contributed by atoms with van der Waals surface area (Å²) < 4.78 is 5.84. The van der Waals surface area contributed by atoms with Gasteiger partial charge < -0.3 is 15.2 Å². The van der Waals surface area contributed by atoms with E-state index >= 15 is 0 Å². The van der Waals surface area contributed by atoms with E-state index in [2.05, 4.69) is 33.4 Å². The summed E-state index contributed by atoms with van der Waals surface area (Å²) in [5, 5.41) is 14.6. The van der Waals surface area contributed by atoms with Crippen molar-refractivity contribution in [2.45, 2.75) is 24.8 Å². The highest BCUT2D eigenvalue weighted by Crippen LogP contribution is 2.40. The maximum Gasteiger partial charge on any atom is 0.405 e. The molecule has 0 heterocycles. The van der Waals surface area contributed by atoms with Gasteiger partial charge in [0.15, 0.2) is 0 Å². The van der Waals surface area contributed by atoms with Gasteiger partial charge in [0.25, 0.3) is 0 Å². The molecule has 0 aliphatic heterocycles. The van der Waals surface area contributed by atoms with E-state index < -0.39 is 6.09 Å². The first-order valence-corrected chi connectivity index (χ1v) is 8.46. The first-order valence-electron chi connectivity index (χ1n) is 7.33. The second kappa shape index (κ2) is 6.16. The molecule has 1 fully saturated rings. The Hall–Kier alpha value is -1.75. The predicted molar refractivity (Wildman–Crippen MR) is 90.1 cm³/mol. The van der Waals surface area contributed by atoms with Crippen molar-refractivity contribution in [3.05, 3.63) is 42.0 Å². The van der Waals surface area contributed by atoms with Crippen LogP contribution in [0.15, 0.2) is 36.4 Å². The van der Waals surface area contributed by atoms with Gasteiger partial charge >= 0.3 is 6.09 Å². The summed E-state index contributed by atoms with van der Waals surface area (Å²) in [6.45, 7) is 0.603. The minimum atomic E-state index is -0.950. The van der Waals surface area contributed by atoms with Gasteiger partial charge in [0.1, 0.15) is 5.75 Å². The van der Waals surface area contributed by atoms with Crippen molar-refractivity contribution >= 4 is 32.8 Å². The lowest BCUT2D eigenvalue weighted by Gasteiger charge is -2.17. The van der Waals surface area contributed by atoms with Gasteiger partial charge in [0.2, 0.25) is 0 Å². The second-order valence-electron chi connectivity index (χ2n) is 5.74. The number of halogens is 1. The highest BCUT2D eigenvalue weighted by molar-refractivity contribution is 9.09. The van der Waals surface area contributed by atoms with Gasteiger partial charge in [-0.05, 0) is 36.3 Å². The van der Waals surface area contributed by atoms with Crippen molar-refractivity contribution in [1.29, 1.82) is 0 Å². The Morgan fingerprint density at radius 3 is 2.77 bits per heavy atom. The normalized spacial score (nSPS) is 15.5. The summed E-state index contributed by atoms with van der Waals surface area (Å²) in [4.78, 5) is 10.9. The van der Waals surface area contributed by atoms with E-state index in [0.717, 1.165) is 40.3 Å². The smallest absolute Gasteiger partial charge is 0.405 e. The first kappa shape index (κ1) is 15.2. The summed E-state index contributed by atoms with van der Waals surface area (Å²) in [6, 6.07) is 12.3. The second-order valence-corrected chi connectivity index (χ2v) is 6.53. The third kappa shape index (κ3) is 3.35. The first-order chi connectivity index (χ1) is 10.6. The Morgan fingerprint density at radius 2 is 2.09 bits per heavy atom. The number of rotatable bonds is 6. The highest BCUT2D eigenvalue weighted by Gasteiger charge is 2.44. The van der Waals surface area contributed by atoms with Crippen molar-refractivity contribution < 1.29 is 14.6 Å². The number of benzene rings is 2. The molecular formula is C17H18BrNO3. The zero-order valence-corrected chi connectivity index (χ0v) is 13.7. The van der Waals surface area contributed by atoms with Crippen molar-refractivity contribution in [1.82, 2.24) is 5.32 Å². The lowest BCUT2D eigenvalue weighted by molar-refractivity contribution is 0.188. The summed E-state index contributed by atoms with van der Waals surface area (Å²) in [7, 11) is 0. The molecule has 0 bridgehead atoms. The van der Waals surface area contributed by atoms with E-state index in [1.54, 1.807) is 0 Å². The van der Waals surface area contributed by atoms with Crippen LogP contribution in [0.1, 0.15) is 18.4 Å².